The third-order valence-corrected chi connectivity index (χ3v) is 5.68. The van der Waals surface area contributed by atoms with Crippen LogP contribution in [0, 0.1) is 24.2 Å². The average Bonchev–Trinajstić information content (AvgIpc) is 2.82. The fraction of sp³-hybridized carbons (Fsp3) is 0.250. The summed E-state index contributed by atoms with van der Waals surface area (Å²) in [6.45, 7) is 3.00. The number of aromatic nitrogens is 3. The standard InChI is InChI=1S/C24H23N7O2/c1-15-4-7-27-13-18(15)20-10-17-11-21(28-14-19(17)24(26)29-20)30-22(32)2-3-23(33)31-8-5-16(12-25)6-9-31/h2-4,7,10-11,13-14,16H,5-6,8-9H2,1H3,(H2,26,29)(H,28,30,32)/b3-2-. The third kappa shape index (κ3) is 4.96. The number of anilines is 2. The first kappa shape index (κ1) is 21.9. The van der Waals surface area contributed by atoms with Gasteiger partial charge in [-0.2, -0.15) is 5.26 Å². The lowest BCUT2D eigenvalue weighted by atomic mass is 9.98. The SMILES string of the molecule is Cc1ccncc1-c1cc2cc(NC(=O)/C=C\C(=O)N3CCC(C#N)CC3)ncc2c(N)n1. The molecular formula is C24H23N7O2. The highest BCUT2D eigenvalue weighted by Crippen LogP contribution is 2.28. The number of carbonyl (C=O) groups is 2. The van der Waals surface area contributed by atoms with Gasteiger partial charge in [0.25, 0.3) is 0 Å². The summed E-state index contributed by atoms with van der Waals surface area (Å²) in [5, 5.41) is 13.1. The molecule has 1 fully saturated rings. The van der Waals surface area contributed by atoms with E-state index in [1.807, 2.05) is 19.1 Å². The Kier molecular flexibility index (Phi) is 6.26. The molecular weight excluding hydrogens is 418 g/mol. The number of piperidine rings is 1. The van der Waals surface area contributed by atoms with Gasteiger partial charge in [0.15, 0.2) is 0 Å². The second-order valence-electron chi connectivity index (χ2n) is 7.93. The quantitative estimate of drug-likeness (QED) is 0.594. The summed E-state index contributed by atoms with van der Waals surface area (Å²) in [6.07, 6.45) is 8.75. The van der Waals surface area contributed by atoms with Gasteiger partial charge in [0.2, 0.25) is 11.8 Å². The number of hydrogen-bond acceptors (Lipinski definition) is 7. The van der Waals surface area contributed by atoms with Crippen LogP contribution >= 0.6 is 0 Å². The van der Waals surface area contributed by atoms with Crippen molar-refractivity contribution in [1.82, 2.24) is 19.9 Å². The van der Waals surface area contributed by atoms with Crippen molar-refractivity contribution in [1.29, 1.82) is 5.26 Å². The normalized spacial score (nSPS) is 14.4. The van der Waals surface area contributed by atoms with E-state index in [9.17, 15) is 9.59 Å². The maximum atomic E-state index is 12.3. The molecule has 4 rings (SSSR count). The van der Waals surface area contributed by atoms with Crippen LogP contribution in [-0.4, -0.2) is 44.8 Å². The van der Waals surface area contributed by atoms with Crippen molar-refractivity contribution in [2.75, 3.05) is 24.1 Å². The van der Waals surface area contributed by atoms with Crippen molar-refractivity contribution in [3.8, 4) is 17.3 Å². The number of nitrogen functional groups attached to an aromatic ring is 1. The second-order valence-corrected chi connectivity index (χ2v) is 7.93. The zero-order valence-corrected chi connectivity index (χ0v) is 18.2. The molecule has 3 N–H and O–H groups in total. The van der Waals surface area contributed by atoms with E-state index in [1.165, 1.54) is 12.2 Å². The minimum Gasteiger partial charge on any atom is -0.383 e. The summed E-state index contributed by atoms with van der Waals surface area (Å²) >= 11 is 0. The Morgan fingerprint density at radius 2 is 2.03 bits per heavy atom. The Morgan fingerprint density at radius 3 is 2.76 bits per heavy atom. The van der Waals surface area contributed by atoms with E-state index in [0.29, 0.717) is 48.6 Å². The minimum atomic E-state index is -0.465. The highest BCUT2D eigenvalue weighted by atomic mass is 16.2. The molecule has 3 aromatic rings. The minimum absolute atomic E-state index is 0.00729. The molecule has 1 aliphatic rings. The number of fused-ring (bicyclic) bond motifs is 1. The van der Waals surface area contributed by atoms with Crippen molar-refractivity contribution >= 4 is 34.2 Å². The molecule has 33 heavy (non-hydrogen) atoms. The number of hydrogen-bond donors (Lipinski definition) is 2. The average molecular weight is 441 g/mol. The molecule has 3 aromatic heterocycles. The van der Waals surface area contributed by atoms with E-state index < -0.39 is 5.91 Å². The predicted octanol–water partition coefficient (Wildman–Crippen LogP) is 2.84. The molecule has 0 unspecified atom stereocenters. The van der Waals surface area contributed by atoms with Crippen molar-refractivity contribution in [3.63, 3.8) is 0 Å². The van der Waals surface area contributed by atoms with Crippen LogP contribution in [0.15, 0.2) is 48.9 Å². The lowest BCUT2D eigenvalue weighted by Gasteiger charge is -2.28. The molecule has 1 saturated heterocycles. The zero-order chi connectivity index (χ0) is 23.4. The summed E-state index contributed by atoms with van der Waals surface area (Å²) in [6, 6.07) is 7.71. The van der Waals surface area contributed by atoms with Crippen LogP contribution in [0.1, 0.15) is 18.4 Å². The molecule has 0 aliphatic carbocycles. The van der Waals surface area contributed by atoms with E-state index in [1.54, 1.807) is 29.6 Å². The fourth-order valence-corrected chi connectivity index (χ4v) is 3.76. The van der Waals surface area contributed by atoms with Crippen molar-refractivity contribution < 1.29 is 9.59 Å². The van der Waals surface area contributed by atoms with Crippen molar-refractivity contribution in [3.05, 3.63) is 54.5 Å². The summed E-state index contributed by atoms with van der Waals surface area (Å²) in [7, 11) is 0. The first-order valence-corrected chi connectivity index (χ1v) is 10.6. The molecule has 166 valence electrons. The zero-order valence-electron chi connectivity index (χ0n) is 18.2. The molecule has 4 heterocycles. The molecule has 9 nitrogen and oxygen atoms in total. The van der Waals surface area contributed by atoms with Crippen LogP contribution in [0.3, 0.4) is 0 Å². The van der Waals surface area contributed by atoms with Gasteiger partial charge in [-0.1, -0.05) is 0 Å². The topological polar surface area (TPSA) is 138 Å². The predicted molar refractivity (Wildman–Crippen MR) is 125 cm³/mol. The summed E-state index contributed by atoms with van der Waals surface area (Å²) in [4.78, 5) is 39.1. The molecule has 2 amide bonds. The van der Waals surface area contributed by atoms with Crippen LogP contribution in [0.5, 0.6) is 0 Å². The Hall–Kier alpha value is -4.32. The van der Waals surface area contributed by atoms with Crippen LogP contribution in [0.25, 0.3) is 22.0 Å². The van der Waals surface area contributed by atoms with E-state index >= 15 is 0 Å². The second kappa shape index (κ2) is 9.44. The Morgan fingerprint density at radius 1 is 1.24 bits per heavy atom. The van der Waals surface area contributed by atoms with E-state index in [0.717, 1.165) is 16.5 Å². The molecule has 0 saturated carbocycles. The largest absolute Gasteiger partial charge is 0.383 e. The number of nitrogens with zero attached hydrogens (tertiary/aromatic N) is 5. The van der Waals surface area contributed by atoms with Gasteiger partial charge in [0.1, 0.15) is 11.6 Å². The van der Waals surface area contributed by atoms with Gasteiger partial charge < -0.3 is 16.0 Å². The van der Waals surface area contributed by atoms with Gasteiger partial charge in [0, 0.05) is 60.7 Å². The van der Waals surface area contributed by atoms with Gasteiger partial charge in [-0.25, -0.2) is 9.97 Å². The molecule has 9 heteroatoms. The van der Waals surface area contributed by atoms with E-state index in [4.69, 9.17) is 11.0 Å². The Balaban J connectivity index is 1.48. The number of nitrogens with one attached hydrogen (secondary N) is 1. The molecule has 0 radical (unpaired) electrons. The molecule has 1 aliphatic heterocycles. The first-order chi connectivity index (χ1) is 15.9. The van der Waals surface area contributed by atoms with Gasteiger partial charge in [0.05, 0.1) is 11.8 Å². The van der Waals surface area contributed by atoms with Crippen molar-refractivity contribution in [2.24, 2.45) is 5.92 Å². The fourth-order valence-electron chi connectivity index (χ4n) is 3.76. The van der Waals surface area contributed by atoms with Gasteiger partial charge >= 0.3 is 0 Å². The third-order valence-electron chi connectivity index (χ3n) is 5.68. The molecule has 0 bridgehead atoms. The highest BCUT2D eigenvalue weighted by Gasteiger charge is 2.21. The highest BCUT2D eigenvalue weighted by molar-refractivity contribution is 6.04. The van der Waals surface area contributed by atoms with Crippen LogP contribution < -0.4 is 11.1 Å². The number of rotatable bonds is 4. The summed E-state index contributed by atoms with van der Waals surface area (Å²) in [5.41, 5.74) is 8.70. The van der Waals surface area contributed by atoms with Gasteiger partial charge in [-0.3, -0.25) is 14.6 Å². The lowest BCUT2D eigenvalue weighted by Crippen LogP contribution is -2.37. The number of amides is 2. The number of carbonyl (C=O) groups excluding carboxylic acids is 2. The van der Waals surface area contributed by atoms with Crippen LogP contribution in [0.2, 0.25) is 0 Å². The number of pyridine rings is 3. The number of likely N-dealkylation sites (tertiary alicyclic amines) is 1. The van der Waals surface area contributed by atoms with Gasteiger partial charge in [-0.15, -0.1) is 0 Å². The molecule has 0 aromatic carbocycles. The monoisotopic (exact) mass is 441 g/mol. The van der Waals surface area contributed by atoms with Crippen molar-refractivity contribution in [2.45, 2.75) is 19.8 Å². The number of aryl methyl sites for hydroxylation is 1. The van der Waals surface area contributed by atoms with Gasteiger partial charge in [-0.05, 0) is 48.9 Å². The maximum Gasteiger partial charge on any atom is 0.249 e. The van der Waals surface area contributed by atoms with E-state index in [2.05, 4.69) is 26.3 Å². The lowest BCUT2D eigenvalue weighted by molar-refractivity contribution is -0.127. The number of nitriles is 1. The Bertz CT molecular complexity index is 1290. The first-order valence-electron chi connectivity index (χ1n) is 10.6. The maximum absolute atomic E-state index is 12.3. The van der Waals surface area contributed by atoms with Crippen LogP contribution in [0.4, 0.5) is 11.6 Å². The molecule has 0 spiro atoms. The van der Waals surface area contributed by atoms with Crippen LogP contribution in [-0.2, 0) is 9.59 Å². The summed E-state index contributed by atoms with van der Waals surface area (Å²) < 4.78 is 0. The Labute approximate surface area is 191 Å². The molecule has 0 atom stereocenters. The van der Waals surface area contributed by atoms with E-state index in [-0.39, 0.29) is 11.8 Å². The summed E-state index contributed by atoms with van der Waals surface area (Å²) in [5.74, 6) is -0.0522. The number of nitrogens with two attached hydrogens (primary N) is 1. The smallest absolute Gasteiger partial charge is 0.249 e.